The predicted octanol–water partition coefficient (Wildman–Crippen LogP) is 4.76. The third kappa shape index (κ3) is 4.83. The van der Waals surface area contributed by atoms with Crippen LogP contribution in [-0.4, -0.2) is 57.1 Å². The highest BCUT2D eigenvalue weighted by atomic mass is 16.6. The van der Waals surface area contributed by atoms with Crippen LogP contribution in [-0.2, 0) is 11.8 Å². The molecule has 4 aromatic rings. The van der Waals surface area contributed by atoms with E-state index < -0.39 is 5.60 Å². The van der Waals surface area contributed by atoms with Crippen LogP contribution in [0.3, 0.4) is 0 Å². The van der Waals surface area contributed by atoms with E-state index in [0.717, 1.165) is 41.4 Å². The van der Waals surface area contributed by atoms with E-state index in [1.165, 1.54) is 0 Å². The topological polar surface area (TPSA) is 72.6 Å². The van der Waals surface area contributed by atoms with Crippen LogP contribution in [0.2, 0.25) is 0 Å². The number of aromatic nitrogens is 3. The predicted molar refractivity (Wildman–Crippen MR) is 147 cm³/mol. The number of amides is 1. The van der Waals surface area contributed by atoms with E-state index in [0.29, 0.717) is 24.2 Å². The average molecular weight is 500 g/mol. The second kappa shape index (κ2) is 9.42. The molecular weight excluding hydrogens is 466 g/mol. The normalized spacial score (nSPS) is 14.3. The van der Waals surface area contributed by atoms with Gasteiger partial charge >= 0.3 is 6.09 Å². The summed E-state index contributed by atoms with van der Waals surface area (Å²) in [5.41, 5.74) is 4.74. The number of pyridine rings is 1. The Morgan fingerprint density at radius 1 is 0.919 bits per heavy atom. The lowest BCUT2D eigenvalue weighted by atomic mass is 10.1. The summed E-state index contributed by atoms with van der Waals surface area (Å²) in [5, 5.41) is 5.32. The number of para-hydroxylation sites is 1. The molecule has 37 heavy (non-hydrogen) atoms. The van der Waals surface area contributed by atoms with Crippen molar-refractivity contribution in [1.29, 1.82) is 0 Å². The Labute approximate surface area is 216 Å². The van der Waals surface area contributed by atoms with Gasteiger partial charge in [-0.05, 0) is 57.5 Å². The molecule has 192 valence electrons. The summed E-state index contributed by atoms with van der Waals surface area (Å²) in [7, 11) is 1.97. The minimum absolute atomic E-state index is 0.0369. The van der Waals surface area contributed by atoms with Crippen LogP contribution < -0.4 is 10.3 Å². The first-order valence-corrected chi connectivity index (χ1v) is 12.6. The number of hydrogen-bond acceptors (Lipinski definition) is 5. The van der Waals surface area contributed by atoms with Gasteiger partial charge in [0.05, 0.1) is 22.5 Å². The Morgan fingerprint density at radius 3 is 2.19 bits per heavy atom. The quantitative estimate of drug-likeness (QED) is 0.407. The first kappa shape index (κ1) is 24.6. The number of nitrogens with zero attached hydrogens (tertiary/aromatic N) is 5. The summed E-state index contributed by atoms with van der Waals surface area (Å²) < 4.78 is 9.39. The molecule has 1 aliphatic rings. The Hall–Kier alpha value is -4.07. The van der Waals surface area contributed by atoms with Gasteiger partial charge in [0.2, 0.25) is 0 Å². The van der Waals surface area contributed by atoms with Gasteiger partial charge in [-0.25, -0.2) is 9.48 Å². The Morgan fingerprint density at radius 2 is 1.57 bits per heavy atom. The van der Waals surface area contributed by atoms with Crippen LogP contribution in [0, 0.1) is 6.92 Å². The maximum Gasteiger partial charge on any atom is 0.410 e. The largest absolute Gasteiger partial charge is 0.444 e. The highest BCUT2D eigenvalue weighted by Crippen LogP contribution is 2.27. The number of hydrogen-bond donors (Lipinski definition) is 0. The van der Waals surface area contributed by atoms with Crippen LogP contribution in [0.1, 0.15) is 26.5 Å². The van der Waals surface area contributed by atoms with E-state index >= 15 is 0 Å². The molecule has 8 nitrogen and oxygen atoms in total. The van der Waals surface area contributed by atoms with Crippen LogP contribution in [0.4, 0.5) is 10.5 Å². The molecule has 1 saturated heterocycles. The summed E-state index contributed by atoms with van der Waals surface area (Å²) in [5.74, 6) is 0. The highest BCUT2D eigenvalue weighted by Gasteiger charge is 2.26. The molecule has 0 bridgehead atoms. The standard InChI is InChI=1S/C29H33N5O3/c1-20-26-25(35)19-24(31(5)27(26)34(30-20)23-9-7-6-8-10-23)21-11-13-22(14-12-21)32-15-17-33(18-16-32)28(36)37-29(2,3)4/h6-14,19H,15-18H2,1-5H3. The number of carbonyl (C=O) groups excluding carboxylic acids is 1. The lowest BCUT2D eigenvalue weighted by Crippen LogP contribution is -2.50. The molecular formula is C29H33N5O3. The molecule has 3 heterocycles. The zero-order valence-electron chi connectivity index (χ0n) is 22.1. The summed E-state index contributed by atoms with van der Waals surface area (Å²) in [6.07, 6.45) is -0.260. The molecule has 2 aromatic carbocycles. The fourth-order valence-electron chi connectivity index (χ4n) is 4.86. The van der Waals surface area contributed by atoms with Gasteiger partial charge in [-0.1, -0.05) is 30.3 Å². The molecule has 5 rings (SSSR count). The summed E-state index contributed by atoms with van der Waals surface area (Å²) in [6.45, 7) is 10.2. The molecule has 1 fully saturated rings. The minimum Gasteiger partial charge on any atom is -0.444 e. The molecule has 0 aliphatic carbocycles. The maximum atomic E-state index is 13.2. The molecule has 0 saturated carbocycles. The molecule has 0 atom stereocenters. The van der Waals surface area contributed by atoms with Gasteiger partial charge in [0.25, 0.3) is 0 Å². The molecule has 0 N–H and O–H groups in total. The number of piperazine rings is 1. The van der Waals surface area contributed by atoms with E-state index in [1.807, 2.05) is 86.5 Å². The average Bonchev–Trinajstić information content (AvgIpc) is 3.24. The van der Waals surface area contributed by atoms with Crippen molar-refractivity contribution in [2.24, 2.45) is 7.05 Å². The lowest BCUT2D eigenvalue weighted by Gasteiger charge is -2.36. The van der Waals surface area contributed by atoms with Crippen molar-refractivity contribution in [2.75, 3.05) is 31.1 Å². The van der Waals surface area contributed by atoms with Crippen LogP contribution in [0.25, 0.3) is 28.0 Å². The van der Waals surface area contributed by atoms with E-state index in [-0.39, 0.29) is 11.5 Å². The van der Waals surface area contributed by atoms with Crippen LogP contribution in [0.5, 0.6) is 0 Å². The zero-order chi connectivity index (χ0) is 26.3. The maximum absolute atomic E-state index is 13.2. The third-order valence-electron chi connectivity index (χ3n) is 6.69. The number of aryl methyl sites for hydroxylation is 2. The number of ether oxygens (including phenoxy) is 1. The van der Waals surface area contributed by atoms with E-state index in [4.69, 9.17) is 4.74 Å². The second-order valence-electron chi connectivity index (χ2n) is 10.5. The molecule has 2 aromatic heterocycles. The first-order valence-electron chi connectivity index (χ1n) is 12.6. The number of benzene rings is 2. The Bertz CT molecular complexity index is 1490. The van der Waals surface area contributed by atoms with Crippen molar-refractivity contribution in [1.82, 2.24) is 19.2 Å². The van der Waals surface area contributed by atoms with E-state index in [1.54, 1.807) is 11.0 Å². The van der Waals surface area contributed by atoms with Crippen molar-refractivity contribution in [2.45, 2.75) is 33.3 Å². The second-order valence-corrected chi connectivity index (χ2v) is 10.5. The van der Waals surface area contributed by atoms with Gasteiger partial charge in [-0.15, -0.1) is 0 Å². The fourth-order valence-corrected chi connectivity index (χ4v) is 4.86. The van der Waals surface area contributed by atoms with Gasteiger partial charge in [-0.2, -0.15) is 5.10 Å². The van der Waals surface area contributed by atoms with Crippen molar-refractivity contribution < 1.29 is 9.53 Å². The van der Waals surface area contributed by atoms with Crippen LogP contribution >= 0.6 is 0 Å². The summed E-state index contributed by atoms with van der Waals surface area (Å²) in [6, 6.07) is 19.8. The van der Waals surface area contributed by atoms with Gasteiger partial charge in [0.15, 0.2) is 5.43 Å². The summed E-state index contributed by atoms with van der Waals surface area (Å²) >= 11 is 0. The molecule has 0 unspecified atom stereocenters. The number of anilines is 1. The first-order chi connectivity index (χ1) is 17.6. The van der Waals surface area contributed by atoms with Gasteiger partial charge < -0.3 is 19.1 Å². The molecule has 0 radical (unpaired) electrons. The summed E-state index contributed by atoms with van der Waals surface area (Å²) in [4.78, 5) is 29.6. The SMILES string of the molecule is Cc1nn(-c2ccccc2)c2c1c(=O)cc(-c1ccc(N3CCN(C(=O)OC(C)(C)C)CC3)cc1)n2C. The molecule has 1 aliphatic heterocycles. The monoisotopic (exact) mass is 499 g/mol. The molecule has 1 amide bonds. The number of fused-ring (bicyclic) bond motifs is 1. The number of rotatable bonds is 3. The van der Waals surface area contributed by atoms with Gasteiger partial charge in [-0.3, -0.25) is 4.79 Å². The van der Waals surface area contributed by atoms with Crippen molar-refractivity contribution in [3.8, 4) is 16.9 Å². The van der Waals surface area contributed by atoms with Crippen molar-refractivity contribution in [3.05, 3.63) is 76.6 Å². The van der Waals surface area contributed by atoms with Crippen LogP contribution in [0.15, 0.2) is 65.5 Å². The third-order valence-corrected chi connectivity index (χ3v) is 6.69. The smallest absolute Gasteiger partial charge is 0.410 e. The van der Waals surface area contributed by atoms with E-state index in [2.05, 4.69) is 22.1 Å². The number of carbonyl (C=O) groups is 1. The van der Waals surface area contributed by atoms with Crippen molar-refractivity contribution in [3.63, 3.8) is 0 Å². The minimum atomic E-state index is -0.495. The highest BCUT2D eigenvalue weighted by molar-refractivity contribution is 5.83. The van der Waals surface area contributed by atoms with Gasteiger partial charge in [0.1, 0.15) is 11.2 Å². The van der Waals surface area contributed by atoms with Gasteiger partial charge in [0, 0.05) is 45.0 Å². The lowest BCUT2D eigenvalue weighted by molar-refractivity contribution is 0.0240. The zero-order valence-corrected chi connectivity index (χ0v) is 22.1. The Balaban J connectivity index is 1.40. The molecule has 8 heteroatoms. The fraction of sp³-hybridized carbons (Fsp3) is 0.345. The molecule has 0 spiro atoms. The van der Waals surface area contributed by atoms with E-state index in [9.17, 15) is 9.59 Å². The Kier molecular flexibility index (Phi) is 6.27. The van der Waals surface area contributed by atoms with Crippen molar-refractivity contribution >= 4 is 22.8 Å².